The van der Waals surface area contributed by atoms with E-state index in [0.29, 0.717) is 5.02 Å². The van der Waals surface area contributed by atoms with Gasteiger partial charge in [0.05, 0.1) is 12.1 Å². The predicted octanol–water partition coefficient (Wildman–Crippen LogP) is 4.55. The maximum atomic E-state index is 6.09. The second-order valence-electron chi connectivity index (χ2n) is 5.20. The summed E-state index contributed by atoms with van der Waals surface area (Å²) in [5.41, 5.74) is 3.95. The van der Waals surface area contributed by atoms with Gasteiger partial charge in [0.25, 0.3) is 0 Å². The number of methoxy groups -OCH3 is 1. The first kappa shape index (κ1) is 15.9. The molecule has 0 aliphatic carbocycles. The van der Waals surface area contributed by atoms with E-state index in [0.717, 1.165) is 18.6 Å². The molecule has 1 unspecified atom stereocenters. The minimum atomic E-state index is 0.288. The average molecular weight is 304 g/mol. The summed E-state index contributed by atoms with van der Waals surface area (Å²) in [7, 11) is 3.64. The molecule has 2 aromatic carbocycles. The standard InChI is InChI=1S/C18H22ClNO/c1-13-6-4-5-7-14(13)9-11-17(20-2)15-8-10-16(19)18(12-15)21-3/h4-8,10,12,17,20H,9,11H2,1-3H3. The first-order valence-electron chi connectivity index (χ1n) is 7.21. The molecule has 0 aromatic heterocycles. The molecule has 0 aliphatic rings. The molecule has 112 valence electrons. The van der Waals surface area contributed by atoms with Crippen LogP contribution in [0.5, 0.6) is 5.75 Å². The van der Waals surface area contributed by atoms with Crippen LogP contribution in [0, 0.1) is 6.92 Å². The molecule has 2 aromatic rings. The molecule has 0 saturated heterocycles. The second kappa shape index (κ2) is 7.48. The van der Waals surface area contributed by atoms with Crippen molar-refractivity contribution in [1.82, 2.24) is 5.32 Å². The lowest BCUT2D eigenvalue weighted by Gasteiger charge is -2.18. The molecule has 0 heterocycles. The van der Waals surface area contributed by atoms with Crippen molar-refractivity contribution in [2.24, 2.45) is 0 Å². The van der Waals surface area contributed by atoms with Crippen molar-refractivity contribution in [3.63, 3.8) is 0 Å². The monoisotopic (exact) mass is 303 g/mol. The van der Waals surface area contributed by atoms with E-state index in [1.807, 2.05) is 19.2 Å². The van der Waals surface area contributed by atoms with Crippen molar-refractivity contribution in [2.45, 2.75) is 25.8 Å². The van der Waals surface area contributed by atoms with Crippen LogP contribution in [0.1, 0.15) is 29.2 Å². The molecule has 2 rings (SSSR count). The van der Waals surface area contributed by atoms with Crippen LogP contribution >= 0.6 is 11.6 Å². The molecule has 0 spiro atoms. The van der Waals surface area contributed by atoms with Crippen molar-refractivity contribution < 1.29 is 4.74 Å². The van der Waals surface area contributed by atoms with Gasteiger partial charge in [-0.2, -0.15) is 0 Å². The molecule has 21 heavy (non-hydrogen) atoms. The summed E-state index contributed by atoms with van der Waals surface area (Å²) in [5.74, 6) is 0.727. The van der Waals surface area contributed by atoms with Gasteiger partial charge in [-0.15, -0.1) is 0 Å². The SMILES string of the molecule is CNC(CCc1ccccc1C)c1ccc(Cl)c(OC)c1. The van der Waals surface area contributed by atoms with Crippen molar-refractivity contribution in [2.75, 3.05) is 14.2 Å². The Morgan fingerprint density at radius 2 is 1.95 bits per heavy atom. The van der Waals surface area contributed by atoms with Gasteiger partial charge in [0.15, 0.2) is 0 Å². The Bertz CT molecular complexity index is 598. The fourth-order valence-corrected chi connectivity index (χ4v) is 2.76. The zero-order chi connectivity index (χ0) is 15.2. The molecule has 0 fully saturated rings. The predicted molar refractivity (Wildman–Crippen MR) is 89.3 cm³/mol. The second-order valence-corrected chi connectivity index (χ2v) is 5.61. The summed E-state index contributed by atoms with van der Waals surface area (Å²) < 4.78 is 5.30. The fraction of sp³-hybridized carbons (Fsp3) is 0.333. The lowest BCUT2D eigenvalue weighted by molar-refractivity contribution is 0.413. The molecule has 0 aliphatic heterocycles. The van der Waals surface area contributed by atoms with Gasteiger partial charge in [0.1, 0.15) is 5.75 Å². The van der Waals surface area contributed by atoms with Crippen molar-refractivity contribution >= 4 is 11.6 Å². The molecular formula is C18H22ClNO. The smallest absolute Gasteiger partial charge is 0.137 e. The molecule has 0 bridgehead atoms. The number of nitrogens with one attached hydrogen (secondary N) is 1. The summed E-state index contributed by atoms with van der Waals surface area (Å²) in [4.78, 5) is 0. The van der Waals surface area contributed by atoms with Crippen LogP contribution in [-0.4, -0.2) is 14.2 Å². The van der Waals surface area contributed by atoms with Gasteiger partial charge >= 0.3 is 0 Å². The van der Waals surface area contributed by atoms with E-state index in [4.69, 9.17) is 16.3 Å². The molecule has 0 radical (unpaired) electrons. The normalized spacial score (nSPS) is 12.2. The van der Waals surface area contributed by atoms with Crippen LogP contribution in [0.15, 0.2) is 42.5 Å². The molecule has 2 nitrogen and oxygen atoms in total. The van der Waals surface area contributed by atoms with Crippen LogP contribution in [0.3, 0.4) is 0 Å². The number of benzene rings is 2. The van der Waals surface area contributed by atoms with Crippen molar-refractivity contribution in [3.05, 3.63) is 64.2 Å². The van der Waals surface area contributed by atoms with E-state index >= 15 is 0 Å². The van der Waals surface area contributed by atoms with E-state index in [9.17, 15) is 0 Å². The largest absolute Gasteiger partial charge is 0.495 e. The number of rotatable bonds is 6. The molecule has 1 atom stereocenters. The highest BCUT2D eigenvalue weighted by Gasteiger charge is 2.12. The van der Waals surface area contributed by atoms with Crippen LogP contribution < -0.4 is 10.1 Å². The Kier molecular flexibility index (Phi) is 5.66. The summed E-state index contributed by atoms with van der Waals surface area (Å²) in [5, 5.41) is 4.03. The zero-order valence-electron chi connectivity index (χ0n) is 12.8. The van der Waals surface area contributed by atoms with Crippen molar-refractivity contribution in [3.8, 4) is 5.75 Å². The van der Waals surface area contributed by atoms with Gasteiger partial charge in [-0.25, -0.2) is 0 Å². The molecule has 0 saturated carbocycles. The minimum absolute atomic E-state index is 0.288. The lowest BCUT2D eigenvalue weighted by Crippen LogP contribution is -2.17. The summed E-state index contributed by atoms with van der Waals surface area (Å²) >= 11 is 6.09. The Morgan fingerprint density at radius 1 is 1.19 bits per heavy atom. The third kappa shape index (κ3) is 3.99. The molecule has 0 amide bonds. The van der Waals surface area contributed by atoms with Crippen LogP contribution in [-0.2, 0) is 6.42 Å². The highest BCUT2D eigenvalue weighted by atomic mass is 35.5. The third-order valence-corrected chi connectivity index (χ3v) is 4.20. The number of hydrogen-bond acceptors (Lipinski definition) is 2. The van der Waals surface area contributed by atoms with Gasteiger partial charge in [-0.1, -0.05) is 41.9 Å². The number of aryl methyl sites for hydroxylation is 2. The fourth-order valence-electron chi connectivity index (χ4n) is 2.56. The quantitative estimate of drug-likeness (QED) is 0.845. The van der Waals surface area contributed by atoms with E-state index in [2.05, 4.69) is 42.6 Å². The Hall–Kier alpha value is -1.51. The van der Waals surface area contributed by atoms with Crippen LogP contribution in [0.25, 0.3) is 0 Å². The van der Waals surface area contributed by atoms with Crippen LogP contribution in [0.4, 0.5) is 0 Å². The minimum Gasteiger partial charge on any atom is -0.495 e. The van der Waals surface area contributed by atoms with E-state index < -0.39 is 0 Å². The first-order chi connectivity index (χ1) is 10.2. The lowest BCUT2D eigenvalue weighted by atomic mass is 9.97. The zero-order valence-corrected chi connectivity index (χ0v) is 13.6. The van der Waals surface area contributed by atoms with E-state index in [1.165, 1.54) is 16.7 Å². The Balaban J connectivity index is 2.11. The number of halogens is 1. The van der Waals surface area contributed by atoms with Crippen molar-refractivity contribution in [1.29, 1.82) is 0 Å². The highest BCUT2D eigenvalue weighted by molar-refractivity contribution is 6.32. The molecular weight excluding hydrogens is 282 g/mol. The third-order valence-electron chi connectivity index (χ3n) is 3.89. The van der Waals surface area contributed by atoms with E-state index in [-0.39, 0.29) is 6.04 Å². The van der Waals surface area contributed by atoms with Gasteiger partial charge in [-0.3, -0.25) is 0 Å². The summed E-state index contributed by atoms with van der Waals surface area (Å²) in [6, 6.07) is 14.8. The summed E-state index contributed by atoms with van der Waals surface area (Å²) in [6.07, 6.45) is 2.08. The molecule has 3 heteroatoms. The van der Waals surface area contributed by atoms with Gasteiger partial charge in [0, 0.05) is 6.04 Å². The van der Waals surface area contributed by atoms with Crippen LogP contribution in [0.2, 0.25) is 5.02 Å². The summed E-state index contributed by atoms with van der Waals surface area (Å²) in [6.45, 7) is 2.16. The maximum Gasteiger partial charge on any atom is 0.137 e. The van der Waals surface area contributed by atoms with Gasteiger partial charge in [0.2, 0.25) is 0 Å². The van der Waals surface area contributed by atoms with Gasteiger partial charge < -0.3 is 10.1 Å². The maximum absolute atomic E-state index is 6.09. The number of ether oxygens (including phenoxy) is 1. The Morgan fingerprint density at radius 3 is 2.62 bits per heavy atom. The molecule has 1 N–H and O–H groups in total. The topological polar surface area (TPSA) is 21.3 Å². The average Bonchev–Trinajstić information content (AvgIpc) is 2.51. The highest BCUT2D eigenvalue weighted by Crippen LogP contribution is 2.29. The van der Waals surface area contributed by atoms with E-state index in [1.54, 1.807) is 7.11 Å². The van der Waals surface area contributed by atoms with Gasteiger partial charge in [-0.05, 0) is 55.6 Å². The Labute approximate surface area is 132 Å². The first-order valence-corrected chi connectivity index (χ1v) is 7.58. The number of hydrogen-bond donors (Lipinski definition) is 1.